The van der Waals surface area contributed by atoms with Gasteiger partial charge in [0.2, 0.25) is 11.8 Å². The summed E-state index contributed by atoms with van der Waals surface area (Å²) in [5.41, 5.74) is 0. The topological polar surface area (TPSA) is 38.9 Å². The zero-order valence-corrected chi connectivity index (χ0v) is 8.10. The van der Waals surface area contributed by atoms with Crippen LogP contribution in [0.1, 0.15) is 37.5 Å². The van der Waals surface area contributed by atoms with Gasteiger partial charge in [-0.1, -0.05) is 0 Å². The summed E-state index contributed by atoms with van der Waals surface area (Å²) >= 11 is 5.47. The van der Waals surface area contributed by atoms with Crippen LogP contribution in [0.4, 0.5) is 8.78 Å². The Morgan fingerprint density at radius 3 is 2.50 bits per heavy atom. The Labute approximate surface area is 84.4 Å². The van der Waals surface area contributed by atoms with E-state index in [2.05, 4.69) is 10.1 Å². The van der Waals surface area contributed by atoms with Crippen molar-refractivity contribution in [2.45, 2.75) is 37.5 Å². The highest BCUT2D eigenvalue weighted by molar-refractivity contribution is 6.28. The molecule has 78 valence electrons. The second kappa shape index (κ2) is 3.46. The maximum absolute atomic E-state index is 12.8. The van der Waals surface area contributed by atoms with E-state index in [-0.39, 0.29) is 24.0 Å². The average Bonchev–Trinajstić information content (AvgIpc) is 2.52. The van der Waals surface area contributed by atoms with Crippen LogP contribution in [0.3, 0.4) is 0 Å². The molecule has 0 radical (unpaired) electrons. The summed E-state index contributed by atoms with van der Waals surface area (Å²) in [5, 5.41) is 3.46. The third kappa shape index (κ3) is 2.03. The molecule has 0 N–H and O–H groups in total. The maximum Gasteiger partial charge on any atom is 0.263 e. The van der Waals surface area contributed by atoms with Gasteiger partial charge in [-0.25, -0.2) is 8.78 Å². The number of halogens is 3. The molecule has 2 rings (SSSR count). The summed E-state index contributed by atoms with van der Waals surface area (Å²) in [6.07, 6.45) is 0.534. The van der Waals surface area contributed by atoms with Crippen molar-refractivity contribution in [1.82, 2.24) is 10.1 Å². The van der Waals surface area contributed by atoms with Crippen molar-refractivity contribution < 1.29 is 13.3 Å². The van der Waals surface area contributed by atoms with Crippen molar-refractivity contribution in [2.75, 3.05) is 0 Å². The molecule has 1 saturated carbocycles. The molecule has 3 nitrogen and oxygen atoms in total. The van der Waals surface area contributed by atoms with E-state index < -0.39 is 5.92 Å². The Bertz CT molecular complexity index is 319. The Hall–Kier alpha value is -0.710. The van der Waals surface area contributed by atoms with Crippen molar-refractivity contribution in [3.05, 3.63) is 11.2 Å². The molecule has 0 aromatic carbocycles. The summed E-state index contributed by atoms with van der Waals surface area (Å²) in [6.45, 7) is 0. The summed E-state index contributed by atoms with van der Waals surface area (Å²) in [5.74, 6) is -2.21. The molecule has 0 spiro atoms. The summed E-state index contributed by atoms with van der Waals surface area (Å²) in [7, 11) is 0. The summed E-state index contributed by atoms with van der Waals surface area (Å²) < 4.78 is 30.4. The molecule has 1 aliphatic carbocycles. The van der Waals surface area contributed by atoms with Gasteiger partial charge < -0.3 is 4.52 Å². The molecule has 1 heterocycles. The van der Waals surface area contributed by atoms with Gasteiger partial charge in [-0.15, -0.1) is 0 Å². The van der Waals surface area contributed by atoms with E-state index in [9.17, 15) is 8.78 Å². The predicted octanol–water partition coefficient (Wildman–Crippen LogP) is 3.02. The minimum atomic E-state index is -2.53. The minimum absolute atomic E-state index is 0.0392. The number of nitrogens with zero attached hydrogens (tertiary/aromatic N) is 2. The van der Waals surface area contributed by atoms with Gasteiger partial charge in [0.05, 0.1) is 0 Å². The van der Waals surface area contributed by atoms with E-state index in [0.717, 1.165) is 0 Å². The lowest BCUT2D eigenvalue weighted by Gasteiger charge is -2.25. The van der Waals surface area contributed by atoms with E-state index in [0.29, 0.717) is 18.7 Å². The van der Waals surface area contributed by atoms with Crippen molar-refractivity contribution in [3.8, 4) is 0 Å². The monoisotopic (exact) mass is 222 g/mol. The van der Waals surface area contributed by atoms with Crippen LogP contribution in [0.25, 0.3) is 0 Å². The minimum Gasteiger partial charge on any atom is -0.338 e. The molecule has 0 aliphatic heterocycles. The largest absolute Gasteiger partial charge is 0.338 e. The number of hydrogen-bond donors (Lipinski definition) is 0. The first-order chi connectivity index (χ1) is 6.57. The van der Waals surface area contributed by atoms with Gasteiger partial charge in [0.25, 0.3) is 5.28 Å². The van der Waals surface area contributed by atoms with E-state index in [1.165, 1.54) is 0 Å². The molecule has 14 heavy (non-hydrogen) atoms. The van der Waals surface area contributed by atoms with Crippen LogP contribution in [-0.4, -0.2) is 16.1 Å². The molecular formula is C8H9ClF2N2O. The molecule has 0 atom stereocenters. The van der Waals surface area contributed by atoms with Gasteiger partial charge in [-0.2, -0.15) is 4.98 Å². The fourth-order valence-electron chi connectivity index (χ4n) is 1.67. The smallest absolute Gasteiger partial charge is 0.263 e. The zero-order valence-electron chi connectivity index (χ0n) is 7.34. The first kappa shape index (κ1) is 9.83. The Balaban J connectivity index is 2.02. The molecule has 0 saturated heterocycles. The van der Waals surface area contributed by atoms with Gasteiger partial charge in [0.15, 0.2) is 0 Å². The molecule has 0 bridgehead atoms. The van der Waals surface area contributed by atoms with Crippen LogP contribution in [0, 0.1) is 0 Å². The quantitative estimate of drug-likeness (QED) is 0.733. The van der Waals surface area contributed by atoms with Crippen LogP contribution in [0.2, 0.25) is 5.28 Å². The lowest BCUT2D eigenvalue weighted by Crippen LogP contribution is -2.23. The average molecular weight is 223 g/mol. The first-order valence-electron chi connectivity index (χ1n) is 4.44. The Morgan fingerprint density at radius 1 is 1.36 bits per heavy atom. The fourth-order valence-corrected chi connectivity index (χ4v) is 1.79. The Kier molecular flexibility index (Phi) is 2.43. The van der Waals surface area contributed by atoms with Crippen molar-refractivity contribution >= 4 is 11.6 Å². The number of aromatic nitrogens is 2. The van der Waals surface area contributed by atoms with E-state index in [1.54, 1.807) is 0 Å². The Morgan fingerprint density at radius 2 is 2.00 bits per heavy atom. The SMILES string of the molecule is FC1(F)CCC(c2nc(Cl)no2)CC1. The van der Waals surface area contributed by atoms with Gasteiger partial charge in [0.1, 0.15) is 0 Å². The third-order valence-electron chi connectivity index (χ3n) is 2.48. The van der Waals surface area contributed by atoms with Crippen LogP contribution in [-0.2, 0) is 0 Å². The second-order valence-electron chi connectivity index (χ2n) is 3.53. The molecular weight excluding hydrogens is 214 g/mol. The lowest BCUT2D eigenvalue weighted by atomic mass is 9.87. The number of rotatable bonds is 1. The van der Waals surface area contributed by atoms with E-state index in [4.69, 9.17) is 16.1 Å². The standard InChI is InChI=1S/C8H9ClF2N2O/c9-7-12-6(14-13-7)5-1-3-8(10,11)4-2-5/h5H,1-4H2. The van der Waals surface area contributed by atoms with Gasteiger partial charge in [0, 0.05) is 18.8 Å². The molecule has 1 aromatic heterocycles. The van der Waals surface area contributed by atoms with Crippen molar-refractivity contribution in [3.63, 3.8) is 0 Å². The van der Waals surface area contributed by atoms with Gasteiger partial charge in [-0.05, 0) is 29.6 Å². The van der Waals surface area contributed by atoms with E-state index in [1.807, 2.05) is 0 Å². The van der Waals surface area contributed by atoms with Crippen LogP contribution in [0.5, 0.6) is 0 Å². The zero-order chi connectivity index (χ0) is 10.2. The van der Waals surface area contributed by atoms with Gasteiger partial charge >= 0.3 is 0 Å². The number of hydrogen-bond acceptors (Lipinski definition) is 3. The van der Waals surface area contributed by atoms with Crippen molar-refractivity contribution in [1.29, 1.82) is 0 Å². The van der Waals surface area contributed by atoms with Crippen molar-refractivity contribution in [2.24, 2.45) is 0 Å². The van der Waals surface area contributed by atoms with E-state index >= 15 is 0 Å². The molecule has 1 aliphatic rings. The molecule has 0 amide bonds. The normalized spacial score (nSPS) is 22.5. The third-order valence-corrected chi connectivity index (χ3v) is 2.64. The summed E-state index contributed by atoms with van der Waals surface area (Å²) in [4.78, 5) is 3.82. The summed E-state index contributed by atoms with van der Waals surface area (Å²) in [6, 6.07) is 0. The highest BCUT2D eigenvalue weighted by Gasteiger charge is 2.37. The predicted molar refractivity (Wildman–Crippen MR) is 45.5 cm³/mol. The maximum atomic E-state index is 12.8. The first-order valence-corrected chi connectivity index (χ1v) is 4.81. The second-order valence-corrected chi connectivity index (χ2v) is 3.87. The highest BCUT2D eigenvalue weighted by Crippen LogP contribution is 2.40. The highest BCUT2D eigenvalue weighted by atomic mass is 35.5. The fraction of sp³-hybridized carbons (Fsp3) is 0.750. The molecule has 0 unspecified atom stereocenters. The van der Waals surface area contributed by atoms with Crippen LogP contribution < -0.4 is 0 Å². The number of alkyl halides is 2. The van der Waals surface area contributed by atoms with Gasteiger partial charge in [-0.3, -0.25) is 0 Å². The lowest BCUT2D eigenvalue weighted by molar-refractivity contribution is -0.0402. The molecule has 1 aromatic rings. The van der Waals surface area contributed by atoms with Crippen LogP contribution in [0.15, 0.2) is 4.52 Å². The molecule has 6 heteroatoms. The van der Waals surface area contributed by atoms with Crippen LogP contribution >= 0.6 is 11.6 Å². The molecule has 1 fully saturated rings.